The topological polar surface area (TPSA) is 55.3 Å². The lowest BCUT2D eigenvalue weighted by Gasteiger charge is -2.24. The van der Waals surface area contributed by atoms with Crippen LogP contribution in [0.25, 0.3) is 0 Å². The lowest BCUT2D eigenvalue weighted by molar-refractivity contribution is -0.133. The fourth-order valence-corrected chi connectivity index (χ4v) is 3.10. The summed E-state index contributed by atoms with van der Waals surface area (Å²) in [6, 6.07) is 5.73. The summed E-state index contributed by atoms with van der Waals surface area (Å²) in [4.78, 5) is 23.1. The van der Waals surface area contributed by atoms with Gasteiger partial charge in [0.1, 0.15) is 11.6 Å². The van der Waals surface area contributed by atoms with Gasteiger partial charge in [0.15, 0.2) is 0 Å². The SMILES string of the molecule is O=C(C1CC1)N1CCC[C@H]1c1cncc(Oc2ccc(F)cc2)n1. The lowest BCUT2D eigenvalue weighted by atomic mass is 10.1. The molecule has 1 saturated heterocycles. The average molecular weight is 327 g/mol. The molecule has 2 heterocycles. The number of hydrogen-bond acceptors (Lipinski definition) is 4. The molecule has 5 nitrogen and oxygen atoms in total. The smallest absolute Gasteiger partial charge is 0.238 e. The van der Waals surface area contributed by atoms with Crippen molar-refractivity contribution in [1.29, 1.82) is 0 Å². The van der Waals surface area contributed by atoms with E-state index in [4.69, 9.17) is 4.74 Å². The average Bonchev–Trinajstić information content (AvgIpc) is 3.33. The van der Waals surface area contributed by atoms with E-state index in [1.165, 1.54) is 18.3 Å². The van der Waals surface area contributed by atoms with E-state index in [2.05, 4.69) is 9.97 Å². The highest BCUT2D eigenvalue weighted by Crippen LogP contribution is 2.38. The van der Waals surface area contributed by atoms with Gasteiger partial charge in [-0.15, -0.1) is 0 Å². The monoisotopic (exact) mass is 327 g/mol. The number of ether oxygens (including phenoxy) is 1. The summed E-state index contributed by atoms with van der Waals surface area (Å²) in [6.45, 7) is 0.782. The van der Waals surface area contributed by atoms with E-state index in [0.29, 0.717) is 11.6 Å². The van der Waals surface area contributed by atoms with E-state index in [-0.39, 0.29) is 23.7 Å². The first-order chi connectivity index (χ1) is 11.7. The van der Waals surface area contributed by atoms with E-state index >= 15 is 0 Å². The highest BCUT2D eigenvalue weighted by atomic mass is 19.1. The molecule has 2 aliphatic rings. The normalized spacial score (nSPS) is 20.2. The number of aromatic nitrogens is 2. The van der Waals surface area contributed by atoms with Gasteiger partial charge < -0.3 is 9.64 Å². The van der Waals surface area contributed by atoms with E-state index in [1.807, 2.05) is 4.90 Å². The lowest BCUT2D eigenvalue weighted by Crippen LogP contribution is -2.32. The van der Waals surface area contributed by atoms with Gasteiger partial charge in [-0.05, 0) is 49.9 Å². The third-order valence-corrected chi connectivity index (χ3v) is 4.47. The van der Waals surface area contributed by atoms with Crippen molar-refractivity contribution >= 4 is 5.91 Å². The number of carbonyl (C=O) groups is 1. The fourth-order valence-electron chi connectivity index (χ4n) is 3.10. The van der Waals surface area contributed by atoms with Crippen molar-refractivity contribution in [2.75, 3.05) is 6.54 Å². The molecule has 0 spiro atoms. The van der Waals surface area contributed by atoms with E-state index in [0.717, 1.165) is 37.9 Å². The number of rotatable bonds is 4. The maximum Gasteiger partial charge on any atom is 0.238 e. The van der Waals surface area contributed by atoms with Crippen LogP contribution in [0, 0.1) is 11.7 Å². The third kappa shape index (κ3) is 3.09. The van der Waals surface area contributed by atoms with Crippen LogP contribution in [0.2, 0.25) is 0 Å². The molecule has 2 fully saturated rings. The van der Waals surface area contributed by atoms with Crippen LogP contribution in [0.4, 0.5) is 4.39 Å². The molecule has 1 aliphatic carbocycles. The number of carbonyl (C=O) groups excluding carboxylic acids is 1. The van der Waals surface area contributed by atoms with Gasteiger partial charge in [-0.2, -0.15) is 0 Å². The van der Waals surface area contributed by atoms with Crippen LogP contribution in [-0.2, 0) is 4.79 Å². The molecule has 1 atom stereocenters. The molecule has 0 bridgehead atoms. The van der Waals surface area contributed by atoms with Crippen molar-refractivity contribution in [3.8, 4) is 11.6 Å². The first-order valence-corrected chi connectivity index (χ1v) is 8.26. The minimum atomic E-state index is -0.317. The van der Waals surface area contributed by atoms with Gasteiger partial charge in [0, 0.05) is 12.5 Å². The van der Waals surface area contributed by atoms with Crippen LogP contribution in [0.15, 0.2) is 36.7 Å². The van der Waals surface area contributed by atoms with Gasteiger partial charge in [-0.25, -0.2) is 9.37 Å². The highest BCUT2D eigenvalue weighted by molar-refractivity contribution is 5.81. The van der Waals surface area contributed by atoms with Crippen molar-refractivity contribution < 1.29 is 13.9 Å². The molecule has 124 valence electrons. The van der Waals surface area contributed by atoms with Gasteiger partial charge in [-0.3, -0.25) is 9.78 Å². The first-order valence-electron chi connectivity index (χ1n) is 8.26. The number of benzene rings is 1. The number of nitrogens with zero attached hydrogens (tertiary/aromatic N) is 3. The van der Waals surface area contributed by atoms with E-state index in [1.54, 1.807) is 18.3 Å². The van der Waals surface area contributed by atoms with Gasteiger partial charge in [0.25, 0.3) is 0 Å². The van der Waals surface area contributed by atoms with Crippen molar-refractivity contribution in [3.05, 3.63) is 48.2 Å². The molecule has 1 aliphatic heterocycles. The summed E-state index contributed by atoms with van der Waals surface area (Å²) in [5.74, 6) is 0.980. The third-order valence-electron chi connectivity index (χ3n) is 4.47. The predicted molar refractivity (Wildman–Crippen MR) is 84.9 cm³/mol. The van der Waals surface area contributed by atoms with Gasteiger partial charge in [0.2, 0.25) is 11.8 Å². The fraction of sp³-hybridized carbons (Fsp3) is 0.389. The Labute approximate surface area is 139 Å². The molecule has 0 radical (unpaired) electrons. The van der Waals surface area contributed by atoms with E-state index < -0.39 is 0 Å². The summed E-state index contributed by atoms with van der Waals surface area (Å²) in [5.41, 5.74) is 0.751. The molecule has 24 heavy (non-hydrogen) atoms. The second-order valence-corrected chi connectivity index (χ2v) is 6.30. The van der Waals surface area contributed by atoms with Gasteiger partial charge in [-0.1, -0.05) is 0 Å². The molecule has 0 N–H and O–H groups in total. The molecule has 1 aromatic carbocycles. The Hall–Kier alpha value is -2.50. The molecule has 1 amide bonds. The minimum Gasteiger partial charge on any atom is -0.437 e. The second kappa shape index (κ2) is 6.19. The maximum atomic E-state index is 13.0. The van der Waals surface area contributed by atoms with Gasteiger partial charge in [0.05, 0.1) is 24.1 Å². The number of halogens is 1. The predicted octanol–water partition coefficient (Wildman–Crippen LogP) is 3.48. The Bertz CT molecular complexity index is 746. The zero-order valence-electron chi connectivity index (χ0n) is 13.2. The van der Waals surface area contributed by atoms with Crippen LogP contribution in [0.1, 0.15) is 37.4 Å². The van der Waals surface area contributed by atoms with E-state index in [9.17, 15) is 9.18 Å². The quantitative estimate of drug-likeness (QED) is 0.863. The van der Waals surface area contributed by atoms with Crippen LogP contribution in [-0.4, -0.2) is 27.3 Å². The van der Waals surface area contributed by atoms with Crippen LogP contribution < -0.4 is 4.74 Å². The van der Waals surface area contributed by atoms with Crippen LogP contribution >= 0.6 is 0 Å². The molecule has 1 aromatic heterocycles. The van der Waals surface area contributed by atoms with Gasteiger partial charge >= 0.3 is 0 Å². The summed E-state index contributed by atoms with van der Waals surface area (Å²) in [6.07, 6.45) is 7.10. The molecule has 6 heteroatoms. The summed E-state index contributed by atoms with van der Waals surface area (Å²) in [5, 5.41) is 0. The number of hydrogen-bond donors (Lipinski definition) is 0. The first kappa shape index (κ1) is 15.1. The molecular weight excluding hydrogens is 309 g/mol. The maximum absolute atomic E-state index is 13.0. The number of likely N-dealkylation sites (tertiary alicyclic amines) is 1. The second-order valence-electron chi connectivity index (χ2n) is 6.30. The largest absolute Gasteiger partial charge is 0.437 e. The Morgan fingerprint density at radius 3 is 2.71 bits per heavy atom. The zero-order valence-corrected chi connectivity index (χ0v) is 13.2. The summed E-state index contributed by atoms with van der Waals surface area (Å²) < 4.78 is 18.6. The standard InChI is InChI=1S/C18H18FN3O2/c19-13-5-7-14(8-6-13)24-17-11-20-10-15(21-17)16-2-1-9-22(16)18(23)12-3-4-12/h5-8,10-12,16H,1-4,9H2/t16-/m0/s1. The van der Waals surface area contributed by atoms with Crippen molar-refractivity contribution in [2.45, 2.75) is 31.7 Å². The summed E-state index contributed by atoms with van der Waals surface area (Å²) >= 11 is 0. The van der Waals surface area contributed by atoms with Crippen molar-refractivity contribution in [1.82, 2.24) is 14.9 Å². The van der Waals surface area contributed by atoms with Crippen molar-refractivity contribution in [3.63, 3.8) is 0 Å². The Morgan fingerprint density at radius 1 is 1.17 bits per heavy atom. The summed E-state index contributed by atoms with van der Waals surface area (Å²) in [7, 11) is 0. The Balaban J connectivity index is 1.53. The molecular formula is C18H18FN3O2. The van der Waals surface area contributed by atoms with Crippen molar-refractivity contribution in [2.24, 2.45) is 5.92 Å². The number of amides is 1. The molecule has 2 aromatic rings. The van der Waals surface area contributed by atoms with Crippen LogP contribution in [0.3, 0.4) is 0 Å². The van der Waals surface area contributed by atoms with Crippen LogP contribution in [0.5, 0.6) is 11.6 Å². The minimum absolute atomic E-state index is 0.0256. The molecule has 4 rings (SSSR count). The highest BCUT2D eigenvalue weighted by Gasteiger charge is 2.39. The molecule has 0 unspecified atom stereocenters. The Kier molecular flexibility index (Phi) is 3.88. The molecule has 1 saturated carbocycles. The Morgan fingerprint density at radius 2 is 1.96 bits per heavy atom. The zero-order chi connectivity index (χ0) is 16.5.